The van der Waals surface area contributed by atoms with Crippen LogP contribution < -0.4 is 0 Å². The zero-order valence-corrected chi connectivity index (χ0v) is 11.3. The minimum Gasteiger partial charge on any atom is -0.342 e. The number of nitrogens with zero attached hydrogens (tertiary/aromatic N) is 1. The molecule has 0 aromatic rings. The monoisotopic (exact) mass is 255 g/mol. The van der Waals surface area contributed by atoms with Crippen LogP contribution in [0.25, 0.3) is 0 Å². The van der Waals surface area contributed by atoms with E-state index >= 15 is 0 Å². The summed E-state index contributed by atoms with van der Waals surface area (Å²) in [6, 6.07) is 0. The molecule has 0 radical (unpaired) electrons. The number of likely N-dealkylation sites (tertiary alicyclic amines) is 1. The Hall–Kier alpha value is -0.240. The molecule has 2 saturated carbocycles. The number of piperidine rings is 1. The molecular weight excluding hydrogens is 234 g/mol. The molecule has 3 rings (SSSR count). The van der Waals surface area contributed by atoms with Gasteiger partial charge in [-0.1, -0.05) is 19.8 Å². The van der Waals surface area contributed by atoms with Gasteiger partial charge in [0.25, 0.3) is 0 Å². The Kier molecular flexibility index (Phi) is 3.10. The standard InChI is InChI=1S/C14H22ClNO/c1-9-8-16(7-6-12(9)15)14(17)13-10-4-2-3-5-11(10)13/h9-13H,2-8H2,1H3. The van der Waals surface area contributed by atoms with Gasteiger partial charge in [-0.2, -0.15) is 0 Å². The van der Waals surface area contributed by atoms with Crippen molar-refractivity contribution < 1.29 is 4.79 Å². The first kappa shape index (κ1) is 11.8. The third-order valence-corrected chi connectivity index (χ3v) is 5.70. The number of alkyl halides is 1. The summed E-state index contributed by atoms with van der Waals surface area (Å²) in [5.41, 5.74) is 0. The topological polar surface area (TPSA) is 20.3 Å². The quantitative estimate of drug-likeness (QED) is 0.660. The fourth-order valence-corrected chi connectivity index (χ4v) is 4.06. The minimum absolute atomic E-state index is 0.264. The van der Waals surface area contributed by atoms with Crippen molar-refractivity contribution in [2.45, 2.75) is 44.4 Å². The predicted molar refractivity (Wildman–Crippen MR) is 68.9 cm³/mol. The van der Waals surface area contributed by atoms with Crippen LogP contribution in [0, 0.1) is 23.7 Å². The number of hydrogen-bond acceptors (Lipinski definition) is 1. The summed E-state index contributed by atoms with van der Waals surface area (Å²) >= 11 is 6.22. The van der Waals surface area contributed by atoms with Crippen molar-refractivity contribution in [3.8, 4) is 0 Å². The second kappa shape index (κ2) is 4.46. The summed E-state index contributed by atoms with van der Waals surface area (Å²) in [6.45, 7) is 3.92. The smallest absolute Gasteiger partial charge is 0.226 e. The van der Waals surface area contributed by atoms with E-state index in [-0.39, 0.29) is 5.38 Å². The summed E-state index contributed by atoms with van der Waals surface area (Å²) in [6.07, 6.45) is 6.23. The van der Waals surface area contributed by atoms with Gasteiger partial charge < -0.3 is 4.90 Å². The molecule has 1 heterocycles. The number of amides is 1. The number of carbonyl (C=O) groups excluding carboxylic acids is 1. The highest BCUT2D eigenvalue weighted by Crippen LogP contribution is 2.56. The lowest BCUT2D eigenvalue weighted by atomic mass is 9.99. The molecule has 17 heavy (non-hydrogen) atoms. The van der Waals surface area contributed by atoms with Crippen molar-refractivity contribution in [1.29, 1.82) is 0 Å². The molecular formula is C14H22ClNO. The van der Waals surface area contributed by atoms with Gasteiger partial charge in [-0.25, -0.2) is 0 Å². The average Bonchev–Trinajstić information content (AvgIpc) is 3.06. The third-order valence-electron chi connectivity index (χ3n) is 5.05. The molecule has 0 N–H and O–H groups in total. The molecule has 3 fully saturated rings. The SMILES string of the molecule is CC1CN(C(=O)C2C3CCCCC32)CCC1Cl. The Balaban J connectivity index is 1.60. The van der Waals surface area contributed by atoms with Crippen molar-refractivity contribution in [2.24, 2.45) is 23.7 Å². The molecule has 1 saturated heterocycles. The summed E-state index contributed by atoms with van der Waals surface area (Å²) in [4.78, 5) is 14.6. The molecule has 3 heteroatoms. The number of carbonyl (C=O) groups is 1. The first-order valence-electron chi connectivity index (χ1n) is 7.11. The lowest BCUT2D eigenvalue weighted by Gasteiger charge is -2.34. The van der Waals surface area contributed by atoms with Gasteiger partial charge >= 0.3 is 0 Å². The molecule has 2 aliphatic carbocycles. The van der Waals surface area contributed by atoms with E-state index in [4.69, 9.17) is 11.6 Å². The first-order valence-corrected chi connectivity index (χ1v) is 7.55. The average molecular weight is 256 g/mol. The molecule has 2 nitrogen and oxygen atoms in total. The van der Waals surface area contributed by atoms with Crippen LogP contribution in [-0.2, 0) is 4.79 Å². The van der Waals surface area contributed by atoms with Crippen molar-refractivity contribution in [3.63, 3.8) is 0 Å². The van der Waals surface area contributed by atoms with Crippen LogP contribution in [0.3, 0.4) is 0 Å². The van der Waals surface area contributed by atoms with E-state index in [2.05, 4.69) is 11.8 Å². The molecule has 0 aromatic heterocycles. The van der Waals surface area contributed by atoms with Gasteiger partial charge in [-0.3, -0.25) is 4.79 Å². The van der Waals surface area contributed by atoms with E-state index in [0.717, 1.165) is 31.3 Å². The molecule has 1 aliphatic heterocycles. The maximum atomic E-state index is 12.5. The van der Waals surface area contributed by atoms with Gasteiger partial charge in [-0.05, 0) is 37.0 Å². The van der Waals surface area contributed by atoms with Crippen molar-refractivity contribution in [1.82, 2.24) is 4.90 Å². The largest absolute Gasteiger partial charge is 0.342 e. The van der Waals surface area contributed by atoms with Crippen molar-refractivity contribution in [2.75, 3.05) is 13.1 Å². The summed E-state index contributed by atoms with van der Waals surface area (Å²) in [5, 5.41) is 0.264. The first-order chi connectivity index (χ1) is 8.18. The Morgan fingerprint density at radius 2 is 1.82 bits per heavy atom. The van der Waals surface area contributed by atoms with Gasteiger partial charge in [0.15, 0.2) is 0 Å². The summed E-state index contributed by atoms with van der Waals surface area (Å²) in [7, 11) is 0. The van der Waals surface area contributed by atoms with E-state index in [9.17, 15) is 4.79 Å². The zero-order chi connectivity index (χ0) is 12.0. The van der Waals surface area contributed by atoms with E-state index in [1.165, 1.54) is 25.7 Å². The highest BCUT2D eigenvalue weighted by atomic mass is 35.5. The fourth-order valence-electron chi connectivity index (χ4n) is 3.89. The summed E-state index contributed by atoms with van der Waals surface area (Å²) in [5.74, 6) is 2.75. The highest BCUT2D eigenvalue weighted by Gasteiger charge is 2.56. The van der Waals surface area contributed by atoms with Crippen LogP contribution in [0.1, 0.15) is 39.0 Å². The lowest BCUT2D eigenvalue weighted by Crippen LogP contribution is -2.44. The Bertz CT molecular complexity index is 307. The molecule has 3 aliphatic rings. The van der Waals surface area contributed by atoms with Crippen LogP contribution in [-0.4, -0.2) is 29.3 Å². The van der Waals surface area contributed by atoms with Crippen molar-refractivity contribution in [3.05, 3.63) is 0 Å². The number of halogens is 1. The predicted octanol–water partition coefficient (Wildman–Crippen LogP) is 2.90. The van der Waals surface area contributed by atoms with Crippen LogP contribution >= 0.6 is 11.6 Å². The number of hydrogen-bond donors (Lipinski definition) is 0. The normalized spacial score (nSPS) is 45.3. The molecule has 0 bridgehead atoms. The number of fused-ring (bicyclic) bond motifs is 1. The van der Waals surface area contributed by atoms with E-state index < -0.39 is 0 Å². The van der Waals surface area contributed by atoms with Crippen molar-refractivity contribution >= 4 is 17.5 Å². The van der Waals surface area contributed by atoms with Gasteiger partial charge in [0.2, 0.25) is 5.91 Å². The Morgan fingerprint density at radius 3 is 2.41 bits per heavy atom. The van der Waals surface area contributed by atoms with E-state index in [0.29, 0.717) is 17.7 Å². The second-order valence-corrected chi connectivity index (χ2v) is 6.76. The zero-order valence-electron chi connectivity index (χ0n) is 10.6. The van der Waals surface area contributed by atoms with E-state index in [1.807, 2.05) is 0 Å². The van der Waals surface area contributed by atoms with Gasteiger partial charge in [0, 0.05) is 24.4 Å². The molecule has 0 spiro atoms. The van der Waals surface area contributed by atoms with Crippen LogP contribution in [0.15, 0.2) is 0 Å². The number of rotatable bonds is 1. The van der Waals surface area contributed by atoms with Crippen LogP contribution in [0.2, 0.25) is 0 Å². The van der Waals surface area contributed by atoms with Crippen LogP contribution in [0.5, 0.6) is 0 Å². The minimum atomic E-state index is 0.264. The Morgan fingerprint density at radius 1 is 1.18 bits per heavy atom. The molecule has 4 atom stereocenters. The van der Waals surface area contributed by atoms with Gasteiger partial charge in [-0.15, -0.1) is 11.6 Å². The van der Waals surface area contributed by atoms with Crippen LogP contribution in [0.4, 0.5) is 0 Å². The van der Waals surface area contributed by atoms with Gasteiger partial charge in [0.1, 0.15) is 0 Å². The molecule has 1 amide bonds. The summed E-state index contributed by atoms with van der Waals surface area (Å²) < 4.78 is 0. The molecule has 96 valence electrons. The second-order valence-electron chi connectivity index (χ2n) is 6.20. The molecule has 4 unspecified atom stereocenters. The molecule has 0 aromatic carbocycles. The lowest BCUT2D eigenvalue weighted by molar-refractivity contribution is -0.134. The third kappa shape index (κ3) is 2.09. The fraction of sp³-hybridized carbons (Fsp3) is 0.929. The van der Waals surface area contributed by atoms with Gasteiger partial charge in [0.05, 0.1) is 0 Å². The van der Waals surface area contributed by atoms with E-state index in [1.54, 1.807) is 0 Å². The Labute approximate surface area is 109 Å². The maximum Gasteiger partial charge on any atom is 0.226 e. The highest BCUT2D eigenvalue weighted by molar-refractivity contribution is 6.20. The maximum absolute atomic E-state index is 12.5.